The zero-order valence-electron chi connectivity index (χ0n) is 18.0. The van der Waals surface area contributed by atoms with Crippen LogP contribution in [0.4, 0.5) is 10.2 Å². The molecule has 0 aliphatic heterocycles. The molecule has 2 heterocycles. The zero-order valence-corrected chi connectivity index (χ0v) is 18.0. The molecule has 4 rings (SSSR count). The topological polar surface area (TPSA) is 68.5 Å². The summed E-state index contributed by atoms with van der Waals surface area (Å²) < 4.78 is 24.8. The van der Waals surface area contributed by atoms with Gasteiger partial charge in [-0.3, -0.25) is 0 Å². The highest BCUT2D eigenvalue weighted by atomic mass is 19.1. The van der Waals surface area contributed by atoms with Crippen LogP contribution in [0, 0.1) is 5.82 Å². The number of furan rings is 1. The van der Waals surface area contributed by atoms with E-state index in [1.54, 1.807) is 30.3 Å². The van der Waals surface area contributed by atoms with Crippen molar-refractivity contribution in [2.45, 2.75) is 33.2 Å². The van der Waals surface area contributed by atoms with Crippen LogP contribution in [0.5, 0.6) is 0 Å². The predicted octanol–water partition coefficient (Wildman–Crippen LogP) is 5.59. The number of fused-ring (bicyclic) bond motifs is 2. The molecular weight excluding hydrogens is 397 g/mol. The molecule has 0 spiro atoms. The highest BCUT2D eigenvalue weighted by Gasteiger charge is 2.21. The van der Waals surface area contributed by atoms with E-state index in [0.717, 1.165) is 6.42 Å². The fraction of sp³-hybridized carbons (Fsp3) is 0.292. The van der Waals surface area contributed by atoms with E-state index in [1.165, 1.54) is 12.1 Å². The first-order chi connectivity index (χ1) is 14.9. The van der Waals surface area contributed by atoms with Crippen LogP contribution in [-0.4, -0.2) is 35.6 Å². The van der Waals surface area contributed by atoms with Crippen molar-refractivity contribution >= 4 is 33.8 Å². The van der Waals surface area contributed by atoms with E-state index in [0.29, 0.717) is 51.4 Å². The van der Waals surface area contributed by atoms with Crippen molar-refractivity contribution in [3.05, 3.63) is 53.8 Å². The third-order valence-corrected chi connectivity index (χ3v) is 5.14. The molecule has 0 bridgehead atoms. The van der Waals surface area contributed by atoms with Gasteiger partial charge in [0.15, 0.2) is 11.6 Å². The monoisotopic (exact) mass is 421 g/mol. The highest BCUT2D eigenvalue weighted by Crippen LogP contribution is 2.34. The first-order valence-corrected chi connectivity index (χ1v) is 10.3. The Balaban J connectivity index is 1.86. The minimum absolute atomic E-state index is 0.144. The van der Waals surface area contributed by atoms with Gasteiger partial charge in [0.2, 0.25) is 0 Å². The second-order valence-electron chi connectivity index (χ2n) is 7.73. The molecule has 4 aromatic rings. The van der Waals surface area contributed by atoms with E-state index in [-0.39, 0.29) is 17.8 Å². The summed E-state index contributed by atoms with van der Waals surface area (Å²) in [5, 5.41) is 0.657. The highest BCUT2D eigenvalue weighted by molar-refractivity contribution is 5.95. The maximum atomic E-state index is 13.6. The quantitative estimate of drug-likeness (QED) is 0.378. The normalized spacial score (nSPS) is 11.4. The lowest BCUT2D eigenvalue weighted by Crippen LogP contribution is -2.27. The lowest BCUT2D eigenvalue weighted by molar-refractivity contribution is 0.0505. The Labute approximate surface area is 179 Å². The number of nitrogens with zero attached hydrogens (tertiary/aromatic N) is 3. The van der Waals surface area contributed by atoms with Crippen LogP contribution in [0.25, 0.3) is 33.5 Å². The van der Waals surface area contributed by atoms with Gasteiger partial charge in [-0.15, -0.1) is 0 Å². The lowest BCUT2D eigenvalue weighted by Gasteiger charge is -2.24. The van der Waals surface area contributed by atoms with Crippen molar-refractivity contribution in [3.63, 3.8) is 0 Å². The van der Waals surface area contributed by atoms with Crippen molar-refractivity contribution in [3.8, 4) is 11.5 Å². The molecular formula is C24H24FN3O3. The van der Waals surface area contributed by atoms with Crippen molar-refractivity contribution in [2.75, 3.05) is 18.6 Å². The van der Waals surface area contributed by atoms with Crippen LogP contribution in [0.15, 0.2) is 46.9 Å². The van der Waals surface area contributed by atoms with E-state index in [4.69, 9.17) is 19.1 Å². The van der Waals surface area contributed by atoms with Crippen LogP contribution in [0.3, 0.4) is 0 Å². The molecule has 2 aromatic heterocycles. The van der Waals surface area contributed by atoms with Gasteiger partial charge in [0, 0.05) is 18.5 Å². The van der Waals surface area contributed by atoms with Crippen molar-refractivity contribution in [1.82, 2.24) is 9.97 Å². The molecule has 0 radical (unpaired) electrons. The van der Waals surface area contributed by atoms with Gasteiger partial charge < -0.3 is 14.1 Å². The maximum absolute atomic E-state index is 13.6. The molecule has 7 heteroatoms. The number of carbonyl (C=O) groups excluding carboxylic acids is 1. The van der Waals surface area contributed by atoms with E-state index < -0.39 is 0 Å². The molecule has 0 aliphatic carbocycles. The summed E-state index contributed by atoms with van der Waals surface area (Å²) in [5.74, 6) is 0.407. The van der Waals surface area contributed by atoms with Crippen molar-refractivity contribution in [1.29, 1.82) is 0 Å². The summed E-state index contributed by atoms with van der Waals surface area (Å²) in [7, 11) is 1.92. The predicted molar refractivity (Wildman–Crippen MR) is 119 cm³/mol. The van der Waals surface area contributed by atoms with Gasteiger partial charge in [-0.05, 0) is 62.7 Å². The summed E-state index contributed by atoms with van der Waals surface area (Å²) in [5.41, 5.74) is 2.77. The molecule has 31 heavy (non-hydrogen) atoms. The third kappa shape index (κ3) is 4.08. The zero-order chi connectivity index (χ0) is 22.1. The number of esters is 1. The number of carbonyl (C=O) groups is 1. The first kappa shape index (κ1) is 20.8. The average Bonchev–Trinajstić information content (AvgIpc) is 3.18. The largest absolute Gasteiger partial charge is 0.462 e. The fourth-order valence-electron chi connectivity index (χ4n) is 3.24. The second kappa shape index (κ2) is 8.34. The second-order valence-corrected chi connectivity index (χ2v) is 7.73. The van der Waals surface area contributed by atoms with E-state index in [9.17, 15) is 9.18 Å². The van der Waals surface area contributed by atoms with Crippen molar-refractivity contribution in [2.24, 2.45) is 0 Å². The summed E-state index contributed by atoms with van der Waals surface area (Å²) in [4.78, 5) is 23.8. The average molecular weight is 421 g/mol. The van der Waals surface area contributed by atoms with Gasteiger partial charge in [-0.2, -0.15) is 0 Å². The molecule has 2 aromatic carbocycles. The minimum Gasteiger partial charge on any atom is -0.462 e. The van der Waals surface area contributed by atoms with Gasteiger partial charge in [0.25, 0.3) is 0 Å². The standard InChI is InChI=1S/C24H24FN3O3/c1-5-10-30-24(29)15-6-8-18-19(12-15)27-23(28(4)14(2)3)22(26-18)21-13-16-11-17(25)7-9-20(16)31-21/h6-9,11-14H,5,10H2,1-4H3. The summed E-state index contributed by atoms with van der Waals surface area (Å²) in [6.07, 6.45) is 0.757. The molecule has 0 N–H and O–H groups in total. The van der Waals surface area contributed by atoms with Crippen LogP contribution in [-0.2, 0) is 4.74 Å². The number of benzene rings is 2. The van der Waals surface area contributed by atoms with Crippen LogP contribution in [0.2, 0.25) is 0 Å². The maximum Gasteiger partial charge on any atom is 0.338 e. The van der Waals surface area contributed by atoms with Gasteiger partial charge in [-0.25, -0.2) is 19.2 Å². The van der Waals surface area contributed by atoms with Gasteiger partial charge in [-0.1, -0.05) is 6.92 Å². The number of halogens is 1. The van der Waals surface area contributed by atoms with Gasteiger partial charge in [0.1, 0.15) is 17.1 Å². The molecule has 160 valence electrons. The number of anilines is 1. The summed E-state index contributed by atoms with van der Waals surface area (Å²) in [6, 6.07) is 11.4. The van der Waals surface area contributed by atoms with E-state index in [2.05, 4.69) is 0 Å². The van der Waals surface area contributed by atoms with E-state index >= 15 is 0 Å². The van der Waals surface area contributed by atoms with Crippen LogP contribution < -0.4 is 4.90 Å². The molecule has 0 saturated carbocycles. The van der Waals surface area contributed by atoms with Crippen LogP contribution >= 0.6 is 0 Å². The molecule has 0 fully saturated rings. The Kier molecular flexibility index (Phi) is 5.59. The third-order valence-electron chi connectivity index (χ3n) is 5.14. The number of hydrogen-bond donors (Lipinski definition) is 0. The van der Waals surface area contributed by atoms with Gasteiger partial charge >= 0.3 is 5.97 Å². The van der Waals surface area contributed by atoms with Crippen LogP contribution in [0.1, 0.15) is 37.6 Å². The number of ether oxygens (including phenoxy) is 1. The fourth-order valence-corrected chi connectivity index (χ4v) is 3.24. The number of rotatable bonds is 6. The molecule has 0 amide bonds. The Morgan fingerprint density at radius 1 is 1.13 bits per heavy atom. The smallest absolute Gasteiger partial charge is 0.338 e. The Morgan fingerprint density at radius 2 is 1.94 bits per heavy atom. The molecule has 0 aliphatic rings. The van der Waals surface area contributed by atoms with E-state index in [1.807, 2.05) is 32.7 Å². The first-order valence-electron chi connectivity index (χ1n) is 10.3. The molecule has 0 atom stereocenters. The molecule has 0 saturated heterocycles. The number of aromatic nitrogens is 2. The molecule has 6 nitrogen and oxygen atoms in total. The number of hydrogen-bond acceptors (Lipinski definition) is 6. The summed E-state index contributed by atoms with van der Waals surface area (Å²) >= 11 is 0. The SMILES string of the molecule is CCCOC(=O)c1ccc2nc(-c3cc4cc(F)ccc4o3)c(N(C)C(C)C)nc2c1. The Morgan fingerprint density at radius 3 is 2.68 bits per heavy atom. The summed E-state index contributed by atoms with van der Waals surface area (Å²) in [6.45, 7) is 6.40. The molecule has 0 unspecified atom stereocenters. The Hall–Kier alpha value is -3.48. The van der Waals surface area contributed by atoms with Gasteiger partial charge in [0.05, 0.1) is 23.2 Å². The Bertz CT molecular complexity index is 1270. The van der Waals surface area contributed by atoms with Crippen molar-refractivity contribution < 1.29 is 18.3 Å². The minimum atomic E-state index is -0.382. The lowest BCUT2D eigenvalue weighted by atomic mass is 10.1.